The lowest BCUT2D eigenvalue weighted by Gasteiger charge is -1.92. The van der Waals surface area contributed by atoms with Crippen LogP contribution in [0.3, 0.4) is 0 Å². The number of aromatic amines is 1. The number of rotatable bonds is 3. The number of carbonyl (C=O) groups is 1. The number of aliphatic carboxylic acids is 1. The zero-order valence-corrected chi connectivity index (χ0v) is 7.73. The highest BCUT2D eigenvalue weighted by atomic mass is 16.4. The molecule has 0 saturated heterocycles. The van der Waals surface area contributed by atoms with Gasteiger partial charge < -0.3 is 10.1 Å². The zero-order chi connectivity index (χ0) is 11.3. The molecule has 15 heavy (non-hydrogen) atoms. The number of nitriles is 1. The van der Waals surface area contributed by atoms with E-state index in [0.29, 0.717) is 5.56 Å². The minimum atomic E-state index is -0.934. The summed E-state index contributed by atoms with van der Waals surface area (Å²) in [5.74, 6) is -0.934. The largest absolute Gasteiger partial charge is 0.481 e. The SMILES string of the molecule is N#Cc1cc(C=CCC(=O)O)c[nH]c1=O. The smallest absolute Gasteiger partial charge is 0.307 e. The van der Waals surface area contributed by atoms with Crippen LogP contribution in [0.2, 0.25) is 0 Å². The molecule has 0 aromatic carbocycles. The average Bonchev–Trinajstić information content (AvgIpc) is 2.20. The van der Waals surface area contributed by atoms with Gasteiger partial charge in [-0.15, -0.1) is 0 Å². The third kappa shape index (κ3) is 3.12. The number of aromatic nitrogens is 1. The van der Waals surface area contributed by atoms with E-state index >= 15 is 0 Å². The Kier molecular flexibility index (Phi) is 3.41. The van der Waals surface area contributed by atoms with Gasteiger partial charge in [-0.1, -0.05) is 12.2 Å². The van der Waals surface area contributed by atoms with E-state index in [-0.39, 0.29) is 12.0 Å². The fourth-order valence-electron chi connectivity index (χ4n) is 0.976. The fraction of sp³-hybridized carbons (Fsp3) is 0.100. The first kappa shape index (κ1) is 10.7. The first-order valence-electron chi connectivity index (χ1n) is 4.14. The Balaban J connectivity index is 2.89. The fourth-order valence-corrected chi connectivity index (χ4v) is 0.976. The van der Waals surface area contributed by atoms with Gasteiger partial charge in [0.15, 0.2) is 0 Å². The molecule has 0 aliphatic rings. The predicted octanol–water partition coefficient (Wildman–Crippen LogP) is 0.734. The van der Waals surface area contributed by atoms with Crippen LogP contribution in [0.15, 0.2) is 23.1 Å². The molecule has 0 amide bonds. The second-order valence-electron chi connectivity index (χ2n) is 2.79. The van der Waals surface area contributed by atoms with Crippen LogP contribution in [0.1, 0.15) is 17.5 Å². The molecule has 0 aliphatic carbocycles. The van der Waals surface area contributed by atoms with Crippen LogP contribution in [-0.4, -0.2) is 16.1 Å². The lowest BCUT2D eigenvalue weighted by atomic mass is 10.2. The van der Waals surface area contributed by atoms with E-state index in [1.807, 2.05) is 0 Å². The van der Waals surface area contributed by atoms with Crippen LogP contribution in [-0.2, 0) is 4.79 Å². The van der Waals surface area contributed by atoms with Crippen LogP contribution >= 0.6 is 0 Å². The standard InChI is InChI=1S/C10H8N2O3/c11-5-8-4-7(6-12-10(8)15)2-1-3-9(13)14/h1-2,4,6H,3H2,(H,12,15)(H,13,14). The monoisotopic (exact) mass is 204 g/mol. The van der Waals surface area contributed by atoms with Crippen molar-refractivity contribution in [2.75, 3.05) is 0 Å². The maximum absolute atomic E-state index is 11.0. The van der Waals surface area contributed by atoms with Gasteiger partial charge in [-0.3, -0.25) is 9.59 Å². The molecule has 5 heteroatoms. The van der Waals surface area contributed by atoms with Crippen molar-refractivity contribution < 1.29 is 9.90 Å². The molecule has 1 aromatic heterocycles. The lowest BCUT2D eigenvalue weighted by Crippen LogP contribution is -2.08. The minimum absolute atomic E-state index is 0.00692. The van der Waals surface area contributed by atoms with Gasteiger partial charge in [0.1, 0.15) is 11.6 Å². The van der Waals surface area contributed by atoms with E-state index in [4.69, 9.17) is 10.4 Å². The first-order chi connectivity index (χ1) is 7.13. The molecular weight excluding hydrogens is 196 g/mol. The van der Waals surface area contributed by atoms with Crippen molar-refractivity contribution >= 4 is 12.0 Å². The molecule has 5 nitrogen and oxygen atoms in total. The van der Waals surface area contributed by atoms with Gasteiger partial charge in [-0.05, 0) is 11.6 Å². The molecule has 0 atom stereocenters. The molecule has 1 aromatic rings. The minimum Gasteiger partial charge on any atom is -0.481 e. The van der Waals surface area contributed by atoms with Gasteiger partial charge in [0, 0.05) is 6.20 Å². The Labute approximate surface area is 85.3 Å². The number of H-pyrrole nitrogens is 1. The number of carboxylic acid groups (broad SMARTS) is 1. The second kappa shape index (κ2) is 4.77. The molecule has 0 aliphatic heterocycles. The van der Waals surface area contributed by atoms with Crippen LogP contribution in [0, 0.1) is 11.3 Å². The summed E-state index contributed by atoms with van der Waals surface area (Å²) < 4.78 is 0. The van der Waals surface area contributed by atoms with Gasteiger partial charge >= 0.3 is 5.97 Å². The van der Waals surface area contributed by atoms with E-state index in [2.05, 4.69) is 4.98 Å². The van der Waals surface area contributed by atoms with Crippen LogP contribution in [0.25, 0.3) is 6.08 Å². The molecule has 76 valence electrons. The van der Waals surface area contributed by atoms with Gasteiger partial charge in [0.05, 0.1) is 6.42 Å². The number of hydrogen-bond acceptors (Lipinski definition) is 3. The summed E-state index contributed by atoms with van der Waals surface area (Å²) in [6.45, 7) is 0. The van der Waals surface area contributed by atoms with Crippen molar-refractivity contribution in [3.8, 4) is 6.07 Å². The van der Waals surface area contributed by atoms with Crippen molar-refractivity contribution in [2.24, 2.45) is 0 Å². The number of pyridine rings is 1. The summed E-state index contributed by atoms with van der Waals surface area (Å²) in [5.41, 5.74) is 0.146. The lowest BCUT2D eigenvalue weighted by molar-refractivity contribution is -0.135. The molecule has 0 fully saturated rings. The van der Waals surface area contributed by atoms with Gasteiger partial charge in [-0.25, -0.2) is 0 Å². The Hall–Kier alpha value is -2.35. The third-order valence-electron chi connectivity index (χ3n) is 1.65. The quantitative estimate of drug-likeness (QED) is 0.758. The Morgan fingerprint density at radius 2 is 2.40 bits per heavy atom. The van der Waals surface area contributed by atoms with E-state index in [1.165, 1.54) is 24.4 Å². The normalized spacial score (nSPS) is 10.1. The highest BCUT2D eigenvalue weighted by molar-refractivity contribution is 5.70. The summed E-state index contributed by atoms with van der Waals surface area (Å²) in [6, 6.07) is 3.14. The van der Waals surface area contributed by atoms with E-state index in [9.17, 15) is 9.59 Å². The van der Waals surface area contributed by atoms with Crippen molar-refractivity contribution in [3.05, 3.63) is 39.8 Å². The number of carboxylic acids is 1. The number of hydrogen-bond donors (Lipinski definition) is 2. The first-order valence-corrected chi connectivity index (χ1v) is 4.14. The van der Waals surface area contributed by atoms with Gasteiger partial charge in [0.2, 0.25) is 0 Å². The molecular formula is C10H8N2O3. The van der Waals surface area contributed by atoms with E-state index in [0.717, 1.165) is 0 Å². The molecule has 0 bridgehead atoms. The Bertz CT molecular complexity index is 494. The van der Waals surface area contributed by atoms with Gasteiger partial charge in [0.25, 0.3) is 5.56 Å². The van der Waals surface area contributed by atoms with Crippen molar-refractivity contribution in [2.45, 2.75) is 6.42 Å². The van der Waals surface area contributed by atoms with Crippen LogP contribution in [0.4, 0.5) is 0 Å². The van der Waals surface area contributed by atoms with Crippen LogP contribution in [0.5, 0.6) is 0 Å². The average molecular weight is 204 g/mol. The molecule has 1 heterocycles. The maximum atomic E-state index is 11.0. The highest BCUT2D eigenvalue weighted by Gasteiger charge is 1.98. The number of nitrogens with one attached hydrogen (secondary N) is 1. The molecule has 0 radical (unpaired) electrons. The number of nitrogens with zero attached hydrogens (tertiary/aromatic N) is 1. The molecule has 1 rings (SSSR count). The van der Waals surface area contributed by atoms with Crippen molar-refractivity contribution in [1.82, 2.24) is 4.98 Å². The van der Waals surface area contributed by atoms with Crippen molar-refractivity contribution in [1.29, 1.82) is 5.26 Å². The second-order valence-corrected chi connectivity index (χ2v) is 2.79. The predicted molar refractivity (Wildman–Crippen MR) is 53.1 cm³/mol. The van der Waals surface area contributed by atoms with Crippen LogP contribution < -0.4 is 5.56 Å². The molecule has 0 saturated carbocycles. The topological polar surface area (TPSA) is 93.9 Å². The maximum Gasteiger partial charge on any atom is 0.307 e. The van der Waals surface area contributed by atoms with E-state index < -0.39 is 11.5 Å². The summed E-state index contributed by atoms with van der Waals surface area (Å²) >= 11 is 0. The molecule has 0 spiro atoms. The summed E-state index contributed by atoms with van der Waals surface area (Å²) in [4.78, 5) is 23.6. The van der Waals surface area contributed by atoms with Gasteiger partial charge in [-0.2, -0.15) is 5.26 Å². The van der Waals surface area contributed by atoms with Crippen molar-refractivity contribution in [3.63, 3.8) is 0 Å². The summed E-state index contributed by atoms with van der Waals surface area (Å²) in [7, 11) is 0. The van der Waals surface area contributed by atoms with E-state index in [1.54, 1.807) is 6.07 Å². The molecule has 2 N–H and O–H groups in total. The molecule has 0 unspecified atom stereocenters. The Morgan fingerprint density at radius 1 is 1.67 bits per heavy atom. The Morgan fingerprint density at radius 3 is 3.00 bits per heavy atom. The highest BCUT2D eigenvalue weighted by Crippen LogP contribution is 2.01. The summed E-state index contributed by atoms with van der Waals surface area (Å²) in [5, 5.41) is 16.9. The third-order valence-corrected chi connectivity index (χ3v) is 1.65. The zero-order valence-electron chi connectivity index (χ0n) is 7.73. The summed E-state index contributed by atoms with van der Waals surface area (Å²) in [6.07, 6.45) is 4.30.